The minimum absolute atomic E-state index is 0.00467. The highest BCUT2D eigenvalue weighted by Gasteiger charge is 2.29. The monoisotopic (exact) mass is 798 g/mol. The molecule has 0 unspecified atom stereocenters. The molecule has 0 atom stereocenters. The summed E-state index contributed by atoms with van der Waals surface area (Å²) in [4.78, 5) is 40.1. The number of hydrogen-bond donors (Lipinski definition) is 2. The molecule has 0 radical (unpaired) electrons. The van der Waals surface area contributed by atoms with Crippen LogP contribution in [0.2, 0.25) is 0 Å². The Morgan fingerprint density at radius 2 is 1.84 bits per heavy atom. The standard InChI is InChI=1S/C40H43FN8O5S2/c1-25-27-11-8-18-49(35(27)46-45-34(25)44-37-42-29-12-5-6-13-31(29)55-37)38-43-33(36(50)51)32(56-38)14-9-23-53-30-16-15-26(24-28(30)41)10-7-17-47-19-21-48(22-20-47)39(52)54-40(2,3)4/h5-6,12-13,15-16,24H,8-9,11,14,17-23H2,1-4H3,(H,50,51)(H,42,44,45). The first kappa shape index (κ1) is 38.9. The Balaban J connectivity index is 0.924. The normalized spacial score (nSPS) is 14.6. The lowest BCUT2D eigenvalue weighted by Gasteiger charge is -2.34. The van der Waals surface area contributed by atoms with Crippen molar-refractivity contribution in [2.75, 3.05) is 56.1 Å². The van der Waals surface area contributed by atoms with Crippen LogP contribution in [0.4, 0.5) is 31.1 Å². The van der Waals surface area contributed by atoms with E-state index >= 15 is 0 Å². The summed E-state index contributed by atoms with van der Waals surface area (Å²) >= 11 is 2.87. The van der Waals surface area contributed by atoms with Crippen LogP contribution >= 0.6 is 22.7 Å². The van der Waals surface area contributed by atoms with Crippen LogP contribution in [0.1, 0.15) is 65.7 Å². The van der Waals surface area contributed by atoms with E-state index in [1.807, 2.05) is 56.9 Å². The van der Waals surface area contributed by atoms with Crippen molar-refractivity contribution in [3.63, 3.8) is 0 Å². The van der Waals surface area contributed by atoms with E-state index in [2.05, 4.69) is 42.2 Å². The molecule has 16 heteroatoms. The first-order valence-corrected chi connectivity index (χ1v) is 20.2. The van der Waals surface area contributed by atoms with E-state index in [1.54, 1.807) is 28.4 Å². The number of carbonyl (C=O) groups is 2. The molecule has 1 saturated heterocycles. The van der Waals surface area contributed by atoms with Crippen LogP contribution in [-0.2, 0) is 17.6 Å². The van der Waals surface area contributed by atoms with Gasteiger partial charge in [0.1, 0.15) is 5.60 Å². The van der Waals surface area contributed by atoms with Gasteiger partial charge in [0.05, 0.1) is 23.4 Å². The van der Waals surface area contributed by atoms with Gasteiger partial charge in [-0.3, -0.25) is 4.90 Å². The molecule has 7 rings (SSSR count). The Morgan fingerprint density at radius 3 is 2.59 bits per heavy atom. The van der Waals surface area contributed by atoms with Gasteiger partial charge >= 0.3 is 12.1 Å². The Labute approximate surface area is 332 Å². The van der Waals surface area contributed by atoms with Crippen LogP contribution < -0.4 is 15.0 Å². The third-order valence-corrected chi connectivity index (χ3v) is 11.4. The number of aryl methyl sites for hydroxylation is 1. The molecule has 0 saturated carbocycles. The third kappa shape index (κ3) is 9.18. The molecule has 2 aromatic carbocycles. The second-order valence-corrected chi connectivity index (χ2v) is 16.7. The number of carboxylic acid groups (broad SMARTS) is 1. The van der Waals surface area contributed by atoms with E-state index in [4.69, 9.17) is 9.47 Å². The van der Waals surface area contributed by atoms with Crippen molar-refractivity contribution < 1.29 is 28.6 Å². The number of aromatic nitrogens is 4. The van der Waals surface area contributed by atoms with Crippen molar-refractivity contribution in [2.24, 2.45) is 0 Å². The van der Waals surface area contributed by atoms with Gasteiger partial charge in [-0.1, -0.05) is 35.3 Å². The Morgan fingerprint density at radius 1 is 1.04 bits per heavy atom. The summed E-state index contributed by atoms with van der Waals surface area (Å²) < 4.78 is 27.2. The number of rotatable bonds is 10. The van der Waals surface area contributed by atoms with Crippen LogP contribution in [-0.4, -0.2) is 98.6 Å². The molecule has 1 fully saturated rings. The Bertz CT molecular complexity index is 2270. The van der Waals surface area contributed by atoms with Crippen molar-refractivity contribution in [1.82, 2.24) is 30.0 Å². The van der Waals surface area contributed by atoms with Gasteiger partial charge in [0.15, 0.2) is 39.2 Å². The van der Waals surface area contributed by atoms with E-state index in [1.165, 1.54) is 17.4 Å². The molecular weight excluding hydrogens is 756 g/mol. The zero-order chi connectivity index (χ0) is 39.4. The van der Waals surface area contributed by atoms with Gasteiger partial charge in [-0.05, 0) is 83.7 Å². The zero-order valence-corrected chi connectivity index (χ0v) is 33.4. The van der Waals surface area contributed by atoms with Gasteiger partial charge in [0.2, 0.25) is 0 Å². The number of carboxylic acids is 1. The Kier molecular flexibility index (Phi) is 11.7. The summed E-state index contributed by atoms with van der Waals surface area (Å²) in [5, 5.41) is 23.7. The second-order valence-electron chi connectivity index (χ2n) is 14.6. The van der Waals surface area contributed by atoms with Gasteiger partial charge in [-0.25, -0.2) is 23.9 Å². The Hall–Kier alpha value is -5.37. The second kappa shape index (κ2) is 16.8. The SMILES string of the molecule is Cc1c(Nc2nc3ccccc3s2)nnc2c1CCCN2c1nc(C(=O)O)c(CCCOc2ccc(C#CCN3CCN(C(=O)OC(C)(C)C)CC3)cc2F)s1. The number of anilines is 4. The summed E-state index contributed by atoms with van der Waals surface area (Å²) in [5.74, 6) is 5.90. The largest absolute Gasteiger partial charge is 0.491 e. The number of piperazine rings is 1. The van der Waals surface area contributed by atoms with Gasteiger partial charge in [-0.15, -0.1) is 21.5 Å². The number of fused-ring (bicyclic) bond motifs is 2. The maximum absolute atomic E-state index is 15.0. The number of nitrogens with one attached hydrogen (secondary N) is 1. The minimum atomic E-state index is -1.11. The quantitative estimate of drug-likeness (QED) is 0.107. The number of halogens is 1. The fourth-order valence-electron chi connectivity index (χ4n) is 6.48. The van der Waals surface area contributed by atoms with Crippen molar-refractivity contribution in [2.45, 2.75) is 59.0 Å². The fourth-order valence-corrected chi connectivity index (χ4v) is 8.47. The number of nitrogens with zero attached hydrogens (tertiary/aromatic N) is 7. The zero-order valence-electron chi connectivity index (χ0n) is 31.7. The summed E-state index contributed by atoms with van der Waals surface area (Å²) in [5.41, 5.74) is 2.91. The molecule has 56 heavy (non-hydrogen) atoms. The van der Waals surface area contributed by atoms with Crippen LogP contribution in [0.5, 0.6) is 5.75 Å². The molecule has 292 valence electrons. The lowest BCUT2D eigenvalue weighted by atomic mass is 10.0. The number of para-hydroxylation sites is 1. The van der Waals surface area contributed by atoms with Crippen molar-refractivity contribution in [1.29, 1.82) is 0 Å². The van der Waals surface area contributed by atoms with E-state index < -0.39 is 17.4 Å². The molecule has 3 aromatic heterocycles. The first-order valence-electron chi connectivity index (χ1n) is 18.5. The third-order valence-electron chi connectivity index (χ3n) is 9.32. The number of benzene rings is 2. The predicted molar refractivity (Wildman–Crippen MR) is 215 cm³/mol. The molecule has 0 spiro atoms. The fraction of sp³-hybridized carbons (Fsp3) is 0.400. The van der Waals surface area contributed by atoms with Gasteiger partial charge in [0.25, 0.3) is 0 Å². The molecule has 2 aliphatic rings. The lowest BCUT2D eigenvalue weighted by Crippen LogP contribution is -2.50. The van der Waals surface area contributed by atoms with Crippen LogP contribution in [0.15, 0.2) is 42.5 Å². The molecule has 5 aromatic rings. The number of carbonyl (C=O) groups excluding carboxylic acids is 1. The number of thiazole rings is 2. The average molecular weight is 799 g/mol. The van der Waals surface area contributed by atoms with Crippen LogP contribution in [0, 0.1) is 24.6 Å². The van der Waals surface area contributed by atoms with E-state index in [0.717, 1.165) is 39.3 Å². The van der Waals surface area contributed by atoms with E-state index in [0.29, 0.717) is 79.3 Å². The summed E-state index contributed by atoms with van der Waals surface area (Å²) in [6.45, 7) is 11.4. The van der Waals surface area contributed by atoms with Gasteiger partial charge < -0.3 is 29.7 Å². The van der Waals surface area contributed by atoms with Gasteiger partial charge in [0, 0.05) is 54.3 Å². The lowest BCUT2D eigenvalue weighted by molar-refractivity contribution is 0.0155. The smallest absolute Gasteiger partial charge is 0.410 e. The van der Waals surface area contributed by atoms with Gasteiger partial charge in [-0.2, -0.15) is 0 Å². The van der Waals surface area contributed by atoms with Crippen LogP contribution in [0.3, 0.4) is 0 Å². The number of amides is 1. The maximum Gasteiger partial charge on any atom is 0.410 e. The van der Waals surface area contributed by atoms with Crippen molar-refractivity contribution in [3.8, 4) is 17.6 Å². The first-order chi connectivity index (χ1) is 26.9. The highest BCUT2D eigenvalue weighted by molar-refractivity contribution is 7.22. The molecule has 2 aliphatic heterocycles. The molecule has 13 nitrogen and oxygen atoms in total. The molecule has 5 heterocycles. The topological polar surface area (TPSA) is 146 Å². The number of aromatic carboxylic acids is 1. The highest BCUT2D eigenvalue weighted by Crippen LogP contribution is 2.39. The van der Waals surface area contributed by atoms with Crippen LogP contribution in [0.25, 0.3) is 10.2 Å². The minimum Gasteiger partial charge on any atom is -0.491 e. The summed E-state index contributed by atoms with van der Waals surface area (Å²) in [7, 11) is 0. The molecule has 1 amide bonds. The van der Waals surface area contributed by atoms with Crippen molar-refractivity contribution >= 4 is 66.9 Å². The van der Waals surface area contributed by atoms with E-state index in [-0.39, 0.29) is 24.1 Å². The van der Waals surface area contributed by atoms with Crippen molar-refractivity contribution in [3.05, 3.63) is 75.5 Å². The van der Waals surface area contributed by atoms with E-state index in [9.17, 15) is 19.1 Å². The molecule has 2 N–H and O–H groups in total. The summed E-state index contributed by atoms with van der Waals surface area (Å²) in [6.07, 6.45) is 2.20. The molecule has 0 bridgehead atoms. The number of hydrogen-bond acceptors (Lipinski definition) is 13. The predicted octanol–water partition coefficient (Wildman–Crippen LogP) is 7.43. The molecular formula is C40H43FN8O5S2. The number of ether oxygens (including phenoxy) is 2. The highest BCUT2D eigenvalue weighted by atomic mass is 32.1. The summed E-state index contributed by atoms with van der Waals surface area (Å²) in [6, 6.07) is 12.6. The maximum atomic E-state index is 15.0. The average Bonchev–Trinajstić information content (AvgIpc) is 3.79. The molecule has 0 aliphatic carbocycles.